The zero-order valence-electron chi connectivity index (χ0n) is 20.3. The smallest absolute Gasteiger partial charge is 0.335 e. The number of hydrogen-bond acceptors (Lipinski definition) is 4. The zero-order valence-corrected chi connectivity index (χ0v) is 21.1. The van der Waals surface area contributed by atoms with Gasteiger partial charge in [-0.3, -0.25) is 0 Å². The van der Waals surface area contributed by atoms with Crippen LogP contribution in [0.25, 0.3) is 10.8 Å². The minimum atomic E-state index is -3.96. The number of esters is 1. The number of fused-ring (bicyclic) bond motifs is 1. The number of rotatable bonds is 5. The monoisotopic (exact) mass is 477 g/mol. The molecule has 1 aliphatic rings. The Bertz CT molecular complexity index is 1350. The molecule has 0 fully saturated rings. The van der Waals surface area contributed by atoms with Gasteiger partial charge in [0.25, 0.3) is 0 Å². The van der Waals surface area contributed by atoms with Crippen LogP contribution < -0.4 is 0 Å². The van der Waals surface area contributed by atoms with Gasteiger partial charge in [0.15, 0.2) is 0 Å². The molecular formula is C28H31NO4S. The molecule has 5 nitrogen and oxygen atoms in total. The van der Waals surface area contributed by atoms with E-state index in [-0.39, 0.29) is 11.5 Å². The van der Waals surface area contributed by atoms with E-state index in [2.05, 4.69) is 0 Å². The SMILES string of the molecule is CCOC(=O)C1=C[C@H](C(C)(C)C)N(S(=O)(=O)c2ccc(C)cc2)[C@@H]1c1cccc2ccccc12. The van der Waals surface area contributed by atoms with Crippen molar-refractivity contribution in [1.29, 1.82) is 0 Å². The molecule has 1 heterocycles. The molecule has 0 aromatic heterocycles. The summed E-state index contributed by atoms with van der Waals surface area (Å²) >= 11 is 0. The van der Waals surface area contributed by atoms with Crippen molar-refractivity contribution in [3.05, 3.63) is 89.5 Å². The standard InChI is InChI=1S/C28H31NO4S/c1-6-33-27(30)24-18-25(28(3,4)5)29(34(31,32)21-16-14-19(2)15-17-21)26(24)23-13-9-11-20-10-7-8-12-22(20)23/h7-18,25-26H,6H2,1-5H3/t25-,26-/m1/s1. The van der Waals surface area contributed by atoms with Crippen LogP contribution in [0.4, 0.5) is 0 Å². The molecule has 6 heteroatoms. The Balaban J connectivity index is 2.00. The van der Waals surface area contributed by atoms with Gasteiger partial charge in [-0.15, -0.1) is 0 Å². The van der Waals surface area contributed by atoms with Gasteiger partial charge in [0, 0.05) is 6.04 Å². The van der Waals surface area contributed by atoms with Crippen LogP contribution in [0.3, 0.4) is 0 Å². The topological polar surface area (TPSA) is 63.7 Å². The lowest BCUT2D eigenvalue weighted by molar-refractivity contribution is -0.138. The van der Waals surface area contributed by atoms with E-state index in [0.717, 1.165) is 21.9 Å². The average molecular weight is 478 g/mol. The molecule has 0 unspecified atom stereocenters. The largest absolute Gasteiger partial charge is 0.463 e. The van der Waals surface area contributed by atoms with Gasteiger partial charge in [-0.05, 0) is 47.7 Å². The number of nitrogens with zero attached hydrogens (tertiary/aromatic N) is 1. The maximum atomic E-state index is 14.2. The van der Waals surface area contributed by atoms with Crippen molar-refractivity contribution in [2.24, 2.45) is 5.41 Å². The van der Waals surface area contributed by atoms with Crippen LogP contribution in [0.2, 0.25) is 0 Å². The van der Waals surface area contributed by atoms with Crippen molar-refractivity contribution in [2.45, 2.75) is 51.6 Å². The molecule has 3 aromatic carbocycles. The summed E-state index contributed by atoms with van der Waals surface area (Å²) in [6.07, 6.45) is 1.79. The number of carbonyl (C=O) groups is 1. The van der Waals surface area contributed by atoms with Gasteiger partial charge in [-0.25, -0.2) is 13.2 Å². The van der Waals surface area contributed by atoms with Gasteiger partial charge in [0.1, 0.15) is 0 Å². The Kier molecular flexibility index (Phi) is 6.40. The van der Waals surface area contributed by atoms with Crippen LogP contribution in [-0.2, 0) is 19.6 Å². The summed E-state index contributed by atoms with van der Waals surface area (Å²) in [5.74, 6) is -0.490. The molecule has 0 saturated heterocycles. The Labute approximate surface area is 202 Å². The van der Waals surface area contributed by atoms with Crippen molar-refractivity contribution in [3.8, 4) is 0 Å². The Hall–Kier alpha value is -2.96. The first-order valence-corrected chi connectivity index (χ1v) is 13.0. The second kappa shape index (κ2) is 9.01. The van der Waals surface area contributed by atoms with Crippen molar-refractivity contribution in [2.75, 3.05) is 6.61 Å². The molecule has 178 valence electrons. The third kappa shape index (κ3) is 4.28. The fraction of sp³-hybridized carbons (Fsp3) is 0.321. The minimum Gasteiger partial charge on any atom is -0.463 e. The molecule has 4 rings (SSSR count). The second-order valence-electron chi connectivity index (χ2n) is 9.77. The maximum absolute atomic E-state index is 14.2. The predicted octanol–water partition coefficient (Wildman–Crippen LogP) is 5.80. The van der Waals surface area contributed by atoms with E-state index >= 15 is 0 Å². The molecule has 2 atom stereocenters. The normalized spacial score (nSPS) is 19.3. The van der Waals surface area contributed by atoms with E-state index in [0.29, 0.717) is 5.57 Å². The molecule has 0 N–H and O–H groups in total. The first kappa shape index (κ1) is 24.2. The third-order valence-electron chi connectivity index (χ3n) is 6.27. The first-order chi connectivity index (χ1) is 16.1. The number of aryl methyl sites for hydroxylation is 1. The van der Waals surface area contributed by atoms with Crippen LogP contribution in [0.5, 0.6) is 0 Å². The summed E-state index contributed by atoms with van der Waals surface area (Å²) in [4.78, 5) is 13.4. The molecule has 0 spiro atoms. The van der Waals surface area contributed by atoms with Crippen molar-refractivity contribution in [3.63, 3.8) is 0 Å². The van der Waals surface area contributed by atoms with E-state index in [1.54, 1.807) is 37.3 Å². The molecule has 0 saturated carbocycles. The van der Waals surface area contributed by atoms with Gasteiger partial charge >= 0.3 is 5.97 Å². The van der Waals surface area contributed by atoms with Crippen molar-refractivity contribution >= 4 is 26.8 Å². The van der Waals surface area contributed by atoms with Gasteiger partial charge in [0.05, 0.1) is 23.1 Å². The zero-order chi connectivity index (χ0) is 24.7. The Morgan fingerprint density at radius 1 is 0.971 bits per heavy atom. The van der Waals surface area contributed by atoms with E-state index in [1.807, 2.05) is 70.2 Å². The number of ether oxygens (including phenoxy) is 1. The summed E-state index contributed by atoms with van der Waals surface area (Å²) < 4.78 is 35.3. The van der Waals surface area contributed by atoms with E-state index in [9.17, 15) is 13.2 Å². The Morgan fingerprint density at radius 3 is 2.26 bits per heavy atom. The lowest BCUT2D eigenvalue weighted by atomic mass is 9.87. The van der Waals surface area contributed by atoms with E-state index in [4.69, 9.17) is 4.74 Å². The lowest BCUT2D eigenvalue weighted by Crippen LogP contribution is -2.45. The summed E-state index contributed by atoms with van der Waals surface area (Å²) in [6, 6.07) is 19.1. The summed E-state index contributed by atoms with van der Waals surface area (Å²) in [5.41, 5.74) is 1.63. The molecular weight excluding hydrogens is 446 g/mol. The molecule has 3 aromatic rings. The van der Waals surface area contributed by atoms with Gasteiger partial charge in [-0.2, -0.15) is 4.31 Å². The van der Waals surface area contributed by atoms with Crippen LogP contribution in [0, 0.1) is 12.3 Å². The number of hydrogen-bond donors (Lipinski definition) is 0. The third-order valence-corrected chi connectivity index (χ3v) is 8.13. The van der Waals surface area contributed by atoms with Crippen LogP contribution in [0.1, 0.15) is 44.9 Å². The van der Waals surface area contributed by atoms with E-state index < -0.39 is 33.5 Å². The fourth-order valence-electron chi connectivity index (χ4n) is 4.57. The fourth-order valence-corrected chi connectivity index (χ4v) is 6.48. The molecule has 0 bridgehead atoms. The van der Waals surface area contributed by atoms with Crippen LogP contribution in [-0.4, -0.2) is 31.3 Å². The lowest BCUT2D eigenvalue weighted by Gasteiger charge is -2.37. The van der Waals surface area contributed by atoms with Gasteiger partial charge in [0.2, 0.25) is 10.0 Å². The quantitative estimate of drug-likeness (QED) is 0.436. The second-order valence-corrected chi connectivity index (χ2v) is 11.6. The predicted molar refractivity (Wildman–Crippen MR) is 135 cm³/mol. The number of benzene rings is 3. The highest BCUT2D eigenvalue weighted by Crippen LogP contribution is 2.47. The van der Waals surface area contributed by atoms with Crippen LogP contribution >= 0.6 is 0 Å². The molecule has 0 aliphatic carbocycles. The van der Waals surface area contributed by atoms with Crippen molar-refractivity contribution in [1.82, 2.24) is 4.31 Å². The maximum Gasteiger partial charge on any atom is 0.335 e. The molecule has 1 aliphatic heterocycles. The summed E-state index contributed by atoms with van der Waals surface area (Å²) in [6.45, 7) is 9.84. The highest BCUT2D eigenvalue weighted by molar-refractivity contribution is 7.89. The first-order valence-electron chi connectivity index (χ1n) is 11.5. The van der Waals surface area contributed by atoms with Gasteiger partial charge < -0.3 is 4.74 Å². The highest BCUT2D eigenvalue weighted by atomic mass is 32.2. The molecule has 34 heavy (non-hydrogen) atoms. The number of sulfonamides is 1. The van der Waals surface area contributed by atoms with Crippen molar-refractivity contribution < 1.29 is 17.9 Å². The summed E-state index contributed by atoms with van der Waals surface area (Å²) in [5, 5.41) is 1.89. The summed E-state index contributed by atoms with van der Waals surface area (Å²) in [7, 11) is -3.96. The van der Waals surface area contributed by atoms with Gasteiger partial charge in [-0.1, -0.05) is 87.0 Å². The minimum absolute atomic E-state index is 0.205. The highest BCUT2D eigenvalue weighted by Gasteiger charge is 2.50. The van der Waals surface area contributed by atoms with Crippen LogP contribution in [0.15, 0.2) is 83.3 Å². The van der Waals surface area contributed by atoms with E-state index in [1.165, 1.54) is 4.31 Å². The molecule has 0 radical (unpaired) electrons. The number of carbonyl (C=O) groups excluding carboxylic acids is 1. The Morgan fingerprint density at radius 2 is 1.62 bits per heavy atom. The average Bonchev–Trinajstić information content (AvgIpc) is 3.21. The molecule has 0 amide bonds.